The Bertz CT molecular complexity index is 1320. The normalized spacial score (nSPS) is 11.1. The van der Waals surface area contributed by atoms with E-state index in [-0.39, 0.29) is 29.5 Å². The van der Waals surface area contributed by atoms with Crippen LogP contribution in [0.5, 0.6) is 11.5 Å². The van der Waals surface area contributed by atoms with Gasteiger partial charge in [-0.3, -0.25) is 9.59 Å². The third kappa shape index (κ3) is 7.48. The number of ether oxygens (including phenoxy) is 1. The predicted molar refractivity (Wildman–Crippen MR) is 132 cm³/mol. The number of aliphatic carboxylic acids is 1. The van der Waals surface area contributed by atoms with E-state index >= 15 is 0 Å². The number of carboxylic acids is 1. The molecule has 0 aliphatic heterocycles. The van der Waals surface area contributed by atoms with E-state index in [2.05, 4.69) is 5.32 Å². The Labute approximate surface area is 207 Å². The van der Waals surface area contributed by atoms with Crippen molar-refractivity contribution in [2.75, 3.05) is 17.3 Å². The second kappa shape index (κ2) is 10.9. The first-order valence-electron chi connectivity index (χ1n) is 10.1. The summed E-state index contributed by atoms with van der Waals surface area (Å²) in [6.07, 6.45) is 1.14. The van der Waals surface area contributed by atoms with E-state index in [1.165, 1.54) is 6.07 Å². The van der Waals surface area contributed by atoms with Crippen molar-refractivity contribution in [3.63, 3.8) is 0 Å². The van der Waals surface area contributed by atoms with Crippen molar-refractivity contribution in [2.45, 2.75) is 12.8 Å². The summed E-state index contributed by atoms with van der Waals surface area (Å²) in [5.74, 6) is -0.561. The molecule has 3 aromatic carbocycles. The third-order valence-corrected chi connectivity index (χ3v) is 6.43. The molecule has 10 heteroatoms. The summed E-state index contributed by atoms with van der Waals surface area (Å²) in [6, 6.07) is 16.1. The van der Waals surface area contributed by atoms with Crippen molar-refractivity contribution in [3.05, 3.63) is 87.4 Å². The van der Waals surface area contributed by atoms with Gasteiger partial charge in [0.05, 0.1) is 22.2 Å². The lowest BCUT2D eigenvalue weighted by Gasteiger charge is -2.13. The first kappa shape index (κ1) is 25.6. The van der Waals surface area contributed by atoms with Crippen LogP contribution in [0.15, 0.2) is 60.7 Å². The van der Waals surface area contributed by atoms with Crippen molar-refractivity contribution in [2.24, 2.45) is 0 Å². The molecular weight excluding hydrogens is 501 g/mol. The van der Waals surface area contributed by atoms with Crippen molar-refractivity contribution in [1.82, 2.24) is 0 Å². The lowest BCUT2D eigenvalue weighted by atomic mass is 10.1. The monoisotopic (exact) mass is 521 g/mol. The fraction of sp³-hybridized carbons (Fsp3) is 0.167. The standard InChI is InChI=1S/C24H21Cl2NO6S/c1-34(31,32)11-10-16-12-15(13-23(28)29)2-9-22(16)33-19-6-4-18(5-7-19)27-24(30)17-3-8-20(25)21(26)14-17/h2-9,12,14H,10-11,13H2,1H3,(H,27,30)(H,28,29). The van der Waals surface area contributed by atoms with Gasteiger partial charge in [-0.05, 0) is 66.1 Å². The Kier molecular flexibility index (Phi) is 8.19. The molecule has 2 N–H and O–H groups in total. The summed E-state index contributed by atoms with van der Waals surface area (Å²) >= 11 is 11.8. The van der Waals surface area contributed by atoms with Crippen LogP contribution in [0.25, 0.3) is 0 Å². The van der Waals surface area contributed by atoms with Crippen LogP contribution in [0.2, 0.25) is 10.0 Å². The number of amides is 1. The number of aryl methyl sites for hydroxylation is 1. The van der Waals surface area contributed by atoms with Gasteiger partial charge < -0.3 is 15.2 Å². The van der Waals surface area contributed by atoms with Gasteiger partial charge in [-0.25, -0.2) is 8.42 Å². The molecule has 0 unspecified atom stereocenters. The molecule has 0 saturated heterocycles. The summed E-state index contributed by atoms with van der Waals surface area (Å²) in [6.45, 7) is 0. The maximum atomic E-state index is 12.4. The van der Waals surface area contributed by atoms with E-state index in [1.54, 1.807) is 54.6 Å². The number of carbonyl (C=O) groups excluding carboxylic acids is 1. The molecule has 0 saturated carbocycles. The molecule has 3 rings (SSSR count). The molecular formula is C24H21Cl2NO6S. The smallest absolute Gasteiger partial charge is 0.307 e. The maximum Gasteiger partial charge on any atom is 0.307 e. The van der Waals surface area contributed by atoms with Crippen molar-refractivity contribution in [3.8, 4) is 11.5 Å². The highest BCUT2D eigenvalue weighted by Gasteiger charge is 2.13. The highest BCUT2D eigenvalue weighted by Crippen LogP contribution is 2.29. The van der Waals surface area contributed by atoms with Crippen LogP contribution >= 0.6 is 23.2 Å². The Morgan fingerprint density at radius 2 is 1.68 bits per heavy atom. The summed E-state index contributed by atoms with van der Waals surface area (Å²) in [5.41, 5.74) is 2.01. The topological polar surface area (TPSA) is 110 Å². The number of benzene rings is 3. The Balaban J connectivity index is 1.74. The molecule has 0 aliphatic carbocycles. The summed E-state index contributed by atoms with van der Waals surface area (Å²) in [4.78, 5) is 23.5. The molecule has 0 radical (unpaired) electrons. The van der Waals surface area contributed by atoms with E-state index in [0.717, 1.165) is 6.26 Å². The number of hydrogen-bond acceptors (Lipinski definition) is 5. The van der Waals surface area contributed by atoms with Crippen LogP contribution in [0.3, 0.4) is 0 Å². The third-order valence-electron chi connectivity index (χ3n) is 4.74. The SMILES string of the molecule is CS(=O)(=O)CCc1cc(CC(=O)O)ccc1Oc1ccc(NC(=O)c2ccc(Cl)c(Cl)c2)cc1. The van der Waals surface area contributed by atoms with Gasteiger partial charge >= 0.3 is 5.97 Å². The van der Waals surface area contributed by atoms with E-state index in [4.69, 9.17) is 33.0 Å². The molecule has 0 atom stereocenters. The average Bonchev–Trinajstić information content (AvgIpc) is 2.76. The van der Waals surface area contributed by atoms with Crippen LogP contribution in [0.4, 0.5) is 5.69 Å². The molecule has 0 aliphatic rings. The molecule has 0 spiro atoms. The highest BCUT2D eigenvalue weighted by molar-refractivity contribution is 7.90. The van der Waals surface area contributed by atoms with Crippen molar-refractivity contribution >= 4 is 50.6 Å². The van der Waals surface area contributed by atoms with Gasteiger partial charge in [0.1, 0.15) is 21.3 Å². The molecule has 178 valence electrons. The van der Waals surface area contributed by atoms with Crippen LogP contribution in [-0.2, 0) is 27.5 Å². The number of carbonyl (C=O) groups is 2. The molecule has 3 aromatic rings. The van der Waals surface area contributed by atoms with Crippen molar-refractivity contribution < 1.29 is 27.9 Å². The van der Waals surface area contributed by atoms with E-state index < -0.39 is 15.8 Å². The minimum absolute atomic E-state index is 0.0977. The minimum Gasteiger partial charge on any atom is -0.481 e. The van der Waals surface area contributed by atoms with Crippen LogP contribution in [0, 0.1) is 0 Å². The fourth-order valence-corrected chi connectivity index (χ4v) is 3.97. The molecule has 34 heavy (non-hydrogen) atoms. The first-order valence-corrected chi connectivity index (χ1v) is 12.9. The van der Waals surface area contributed by atoms with Crippen LogP contribution in [-0.4, -0.2) is 37.4 Å². The van der Waals surface area contributed by atoms with Gasteiger partial charge in [0.2, 0.25) is 0 Å². The molecule has 1 amide bonds. The number of carboxylic acid groups (broad SMARTS) is 1. The van der Waals surface area contributed by atoms with Gasteiger partial charge in [0.15, 0.2) is 0 Å². The highest BCUT2D eigenvalue weighted by atomic mass is 35.5. The van der Waals surface area contributed by atoms with Crippen LogP contribution < -0.4 is 10.1 Å². The van der Waals surface area contributed by atoms with Gasteiger partial charge in [0.25, 0.3) is 5.91 Å². The molecule has 7 nitrogen and oxygen atoms in total. The number of halogens is 2. The zero-order valence-electron chi connectivity index (χ0n) is 18.0. The van der Waals surface area contributed by atoms with E-state index in [0.29, 0.717) is 38.9 Å². The largest absolute Gasteiger partial charge is 0.481 e. The summed E-state index contributed by atoms with van der Waals surface area (Å²) in [5, 5.41) is 12.4. The minimum atomic E-state index is -3.22. The second-order valence-corrected chi connectivity index (χ2v) is 10.7. The van der Waals surface area contributed by atoms with Gasteiger partial charge in [0, 0.05) is 17.5 Å². The van der Waals surface area contributed by atoms with Crippen molar-refractivity contribution in [1.29, 1.82) is 0 Å². The average molecular weight is 522 g/mol. The number of hydrogen-bond donors (Lipinski definition) is 2. The van der Waals surface area contributed by atoms with Crippen LogP contribution in [0.1, 0.15) is 21.5 Å². The lowest BCUT2D eigenvalue weighted by molar-refractivity contribution is -0.136. The first-order chi connectivity index (χ1) is 16.0. The maximum absolute atomic E-state index is 12.4. The zero-order chi connectivity index (χ0) is 24.9. The Morgan fingerprint density at radius 1 is 0.971 bits per heavy atom. The molecule has 0 fully saturated rings. The summed E-state index contributed by atoms with van der Waals surface area (Å²) < 4.78 is 29.2. The summed E-state index contributed by atoms with van der Waals surface area (Å²) in [7, 11) is -3.22. The number of anilines is 1. The Morgan fingerprint density at radius 3 is 2.29 bits per heavy atom. The molecule has 0 bridgehead atoms. The van der Waals surface area contributed by atoms with E-state index in [9.17, 15) is 18.0 Å². The van der Waals surface area contributed by atoms with Gasteiger partial charge in [-0.2, -0.15) is 0 Å². The number of nitrogens with one attached hydrogen (secondary N) is 1. The number of rotatable bonds is 9. The quantitative estimate of drug-likeness (QED) is 0.397. The fourth-order valence-electron chi connectivity index (χ4n) is 3.08. The number of sulfone groups is 1. The lowest BCUT2D eigenvalue weighted by Crippen LogP contribution is -2.11. The van der Waals surface area contributed by atoms with E-state index in [1.807, 2.05) is 0 Å². The zero-order valence-corrected chi connectivity index (χ0v) is 20.4. The predicted octanol–water partition coefficient (Wildman–Crippen LogP) is 5.25. The molecule has 0 aromatic heterocycles. The second-order valence-electron chi connectivity index (χ2n) is 7.60. The van der Waals surface area contributed by atoms with Gasteiger partial charge in [-0.15, -0.1) is 0 Å². The molecule has 0 heterocycles. The Hall–Kier alpha value is -3.07. The van der Waals surface area contributed by atoms with Gasteiger partial charge in [-0.1, -0.05) is 35.3 Å².